The Balaban J connectivity index is 1.39. The Hall–Kier alpha value is -2.98. The van der Waals surface area contributed by atoms with Crippen LogP contribution in [0, 0.1) is 5.82 Å². The van der Waals surface area contributed by atoms with Crippen LogP contribution in [0.5, 0.6) is 0 Å². The van der Waals surface area contributed by atoms with Crippen molar-refractivity contribution in [3.05, 3.63) is 94.8 Å². The predicted octanol–water partition coefficient (Wildman–Crippen LogP) is 3.85. The van der Waals surface area contributed by atoms with Crippen LogP contribution >= 0.6 is 0 Å². The zero-order valence-corrected chi connectivity index (χ0v) is 14.9. The molecule has 0 aromatic heterocycles. The van der Waals surface area contributed by atoms with E-state index in [0.717, 1.165) is 36.1 Å². The smallest absolute Gasteiger partial charge is 0.248 e. The third kappa shape index (κ3) is 3.91. The first-order valence-electron chi connectivity index (χ1n) is 9.08. The van der Waals surface area contributed by atoms with E-state index in [0.29, 0.717) is 11.6 Å². The standard InChI is InChI=1S/C23H21FN2O/c24-21-9-8-18-12-22(13-20(18)11-21)26-14-15-4-6-16(7-5-15)17-2-1-3-19(10-17)23(25)27/h1-11,22,26H,12-14H2,(H2,25,27)/t22-/m0/s1. The van der Waals surface area contributed by atoms with Gasteiger partial charge in [-0.05, 0) is 64.9 Å². The van der Waals surface area contributed by atoms with Gasteiger partial charge in [0, 0.05) is 18.2 Å². The monoisotopic (exact) mass is 360 g/mol. The van der Waals surface area contributed by atoms with E-state index in [2.05, 4.69) is 29.6 Å². The van der Waals surface area contributed by atoms with Crippen LogP contribution in [0.2, 0.25) is 0 Å². The maximum atomic E-state index is 13.3. The summed E-state index contributed by atoms with van der Waals surface area (Å²) in [6.45, 7) is 0.767. The van der Waals surface area contributed by atoms with Crippen LogP contribution in [0.1, 0.15) is 27.0 Å². The highest BCUT2D eigenvalue weighted by atomic mass is 19.1. The molecule has 4 rings (SSSR count). The fourth-order valence-corrected chi connectivity index (χ4v) is 3.66. The molecule has 0 saturated heterocycles. The molecule has 1 aliphatic carbocycles. The summed E-state index contributed by atoms with van der Waals surface area (Å²) in [5, 5.41) is 3.56. The molecule has 0 aliphatic heterocycles. The van der Waals surface area contributed by atoms with Crippen molar-refractivity contribution in [2.75, 3.05) is 0 Å². The van der Waals surface area contributed by atoms with Crippen molar-refractivity contribution >= 4 is 5.91 Å². The van der Waals surface area contributed by atoms with Crippen molar-refractivity contribution in [1.29, 1.82) is 0 Å². The summed E-state index contributed by atoms with van der Waals surface area (Å²) >= 11 is 0. The summed E-state index contributed by atoms with van der Waals surface area (Å²) in [7, 11) is 0. The van der Waals surface area contributed by atoms with E-state index in [4.69, 9.17) is 5.73 Å². The molecule has 4 heteroatoms. The number of amides is 1. The average molecular weight is 360 g/mol. The third-order valence-electron chi connectivity index (χ3n) is 5.13. The third-order valence-corrected chi connectivity index (χ3v) is 5.13. The molecule has 3 aromatic carbocycles. The first kappa shape index (κ1) is 17.4. The zero-order valence-electron chi connectivity index (χ0n) is 14.9. The zero-order chi connectivity index (χ0) is 18.8. The minimum Gasteiger partial charge on any atom is -0.366 e. The van der Waals surface area contributed by atoms with Gasteiger partial charge in [0.05, 0.1) is 0 Å². The van der Waals surface area contributed by atoms with E-state index < -0.39 is 5.91 Å². The molecule has 3 nitrogen and oxygen atoms in total. The van der Waals surface area contributed by atoms with Crippen LogP contribution in [0.4, 0.5) is 4.39 Å². The molecule has 27 heavy (non-hydrogen) atoms. The van der Waals surface area contributed by atoms with Gasteiger partial charge in [0.2, 0.25) is 5.91 Å². The number of halogens is 1. The van der Waals surface area contributed by atoms with Crippen molar-refractivity contribution in [3.63, 3.8) is 0 Å². The van der Waals surface area contributed by atoms with Gasteiger partial charge in [-0.1, -0.05) is 42.5 Å². The highest BCUT2D eigenvalue weighted by Crippen LogP contribution is 2.24. The Morgan fingerprint density at radius 1 is 0.963 bits per heavy atom. The van der Waals surface area contributed by atoms with Crippen LogP contribution in [-0.2, 0) is 19.4 Å². The molecule has 0 radical (unpaired) electrons. The molecule has 0 fully saturated rings. The number of hydrogen-bond donors (Lipinski definition) is 2. The summed E-state index contributed by atoms with van der Waals surface area (Å²) < 4.78 is 13.3. The van der Waals surface area contributed by atoms with E-state index >= 15 is 0 Å². The molecule has 0 heterocycles. The minimum absolute atomic E-state index is 0.162. The molecule has 3 N–H and O–H groups in total. The molecule has 136 valence electrons. The molecule has 0 unspecified atom stereocenters. The quantitative estimate of drug-likeness (QED) is 0.726. The lowest BCUT2D eigenvalue weighted by Crippen LogP contribution is -2.28. The molecule has 1 aliphatic rings. The summed E-state index contributed by atoms with van der Waals surface area (Å²) in [5.41, 5.74) is 11.4. The number of primary amides is 1. The van der Waals surface area contributed by atoms with Crippen LogP contribution in [0.15, 0.2) is 66.7 Å². The van der Waals surface area contributed by atoms with Gasteiger partial charge in [-0.25, -0.2) is 4.39 Å². The highest BCUT2D eigenvalue weighted by molar-refractivity contribution is 5.94. The van der Waals surface area contributed by atoms with Crippen molar-refractivity contribution in [1.82, 2.24) is 5.32 Å². The maximum absolute atomic E-state index is 13.3. The molecule has 1 amide bonds. The van der Waals surface area contributed by atoms with Crippen molar-refractivity contribution in [2.45, 2.75) is 25.4 Å². The van der Waals surface area contributed by atoms with Crippen LogP contribution in [0.25, 0.3) is 11.1 Å². The van der Waals surface area contributed by atoms with Gasteiger partial charge in [0.25, 0.3) is 0 Å². The number of carbonyl (C=O) groups is 1. The number of nitrogens with two attached hydrogens (primary N) is 1. The number of hydrogen-bond acceptors (Lipinski definition) is 2. The summed E-state index contributed by atoms with van der Waals surface area (Å²) in [4.78, 5) is 11.3. The molecule has 1 atom stereocenters. The molecule has 0 saturated carbocycles. The lowest BCUT2D eigenvalue weighted by atomic mass is 10.0. The Morgan fingerprint density at radius 3 is 2.52 bits per heavy atom. The normalized spacial score (nSPS) is 15.5. The van der Waals surface area contributed by atoms with E-state index in [9.17, 15) is 9.18 Å². The largest absolute Gasteiger partial charge is 0.366 e. The van der Waals surface area contributed by atoms with Gasteiger partial charge in [0.15, 0.2) is 0 Å². The topological polar surface area (TPSA) is 55.1 Å². The minimum atomic E-state index is -0.421. The van der Waals surface area contributed by atoms with Gasteiger partial charge in [-0.15, -0.1) is 0 Å². The lowest BCUT2D eigenvalue weighted by Gasteiger charge is -2.12. The Kier molecular flexibility index (Phi) is 4.73. The van der Waals surface area contributed by atoms with Crippen LogP contribution in [0.3, 0.4) is 0 Å². The summed E-state index contributed by atoms with van der Waals surface area (Å²) in [5.74, 6) is -0.583. The Morgan fingerprint density at radius 2 is 1.74 bits per heavy atom. The van der Waals surface area contributed by atoms with Gasteiger partial charge >= 0.3 is 0 Å². The first-order chi connectivity index (χ1) is 13.1. The van der Waals surface area contributed by atoms with Gasteiger partial charge in [0.1, 0.15) is 5.82 Å². The summed E-state index contributed by atoms with van der Waals surface area (Å²) in [6.07, 6.45) is 1.80. The van der Waals surface area contributed by atoms with E-state index in [1.54, 1.807) is 12.1 Å². The van der Waals surface area contributed by atoms with Crippen molar-refractivity contribution < 1.29 is 9.18 Å². The van der Waals surface area contributed by atoms with E-state index in [1.807, 2.05) is 24.3 Å². The van der Waals surface area contributed by atoms with E-state index in [-0.39, 0.29) is 5.82 Å². The van der Waals surface area contributed by atoms with Crippen molar-refractivity contribution in [3.8, 4) is 11.1 Å². The molecule has 0 spiro atoms. The molecular formula is C23H21FN2O. The second kappa shape index (κ2) is 7.33. The number of fused-ring (bicyclic) bond motifs is 1. The number of rotatable bonds is 5. The lowest BCUT2D eigenvalue weighted by molar-refractivity contribution is 0.100. The van der Waals surface area contributed by atoms with Crippen LogP contribution < -0.4 is 11.1 Å². The van der Waals surface area contributed by atoms with Gasteiger partial charge in [-0.3, -0.25) is 4.79 Å². The van der Waals surface area contributed by atoms with Gasteiger partial charge < -0.3 is 11.1 Å². The average Bonchev–Trinajstić information content (AvgIpc) is 3.09. The molecule has 3 aromatic rings. The Bertz CT molecular complexity index is 982. The second-order valence-corrected chi connectivity index (χ2v) is 7.04. The fourth-order valence-electron chi connectivity index (χ4n) is 3.66. The molecule has 0 bridgehead atoms. The number of carbonyl (C=O) groups excluding carboxylic acids is 1. The van der Waals surface area contributed by atoms with E-state index in [1.165, 1.54) is 17.2 Å². The number of nitrogens with one attached hydrogen (secondary N) is 1. The first-order valence-corrected chi connectivity index (χ1v) is 9.08. The maximum Gasteiger partial charge on any atom is 0.248 e. The fraction of sp³-hybridized carbons (Fsp3) is 0.174. The molecular weight excluding hydrogens is 339 g/mol. The second-order valence-electron chi connectivity index (χ2n) is 7.04. The summed E-state index contributed by atoms with van der Waals surface area (Å²) in [6, 6.07) is 21.0. The van der Waals surface area contributed by atoms with Gasteiger partial charge in [-0.2, -0.15) is 0 Å². The predicted molar refractivity (Wildman–Crippen MR) is 105 cm³/mol. The highest BCUT2D eigenvalue weighted by Gasteiger charge is 2.21. The van der Waals surface area contributed by atoms with Crippen molar-refractivity contribution in [2.24, 2.45) is 5.73 Å². The SMILES string of the molecule is NC(=O)c1cccc(-c2ccc(CN[C@H]3Cc4ccc(F)cc4C3)cc2)c1. The van der Waals surface area contributed by atoms with Crippen LogP contribution in [-0.4, -0.2) is 11.9 Å². The Labute approximate surface area is 158 Å². The number of benzene rings is 3.